The van der Waals surface area contributed by atoms with Crippen LogP contribution >= 0.6 is 0 Å². The maximum Gasteiger partial charge on any atom is 0.274 e. The van der Waals surface area contributed by atoms with Gasteiger partial charge in [0.2, 0.25) is 5.91 Å². The molecule has 1 aliphatic rings. The highest BCUT2D eigenvalue weighted by atomic mass is 16.2. The van der Waals surface area contributed by atoms with Crippen LogP contribution in [-0.4, -0.2) is 64.8 Å². The maximum absolute atomic E-state index is 12.4. The van der Waals surface area contributed by atoms with Crippen LogP contribution in [0.4, 0.5) is 5.82 Å². The molecule has 2 amide bonds. The number of nitrogens with one attached hydrogen (secondary N) is 1. The number of amides is 2. The van der Waals surface area contributed by atoms with E-state index in [9.17, 15) is 9.59 Å². The molecule has 1 aromatic rings. The van der Waals surface area contributed by atoms with Crippen molar-refractivity contribution in [2.24, 2.45) is 0 Å². The molecular formula is C14H21N5O2. The lowest BCUT2D eigenvalue weighted by molar-refractivity contribution is -0.129. The molecular weight excluding hydrogens is 270 g/mol. The van der Waals surface area contributed by atoms with E-state index in [0.717, 1.165) is 19.4 Å². The predicted octanol–water partition coefficient (Wildman–Crippen LogP) is 0.603. The molecule has 114 valence electrons. The van der Waals surface area contributed by atoms with Gasteiger partial charge in [-0.2, -0.15) is 0 Å². The first-order valence-electron chi connectivity index (χ1n) is 7.21. The van der Waals surface area contributed by atoms with Gasteiger partial charge in [-0.3, -0.25) is 9.59 Å². The van der Waals surface area contributed by atoms with Crippen LogP contribution in [0, 0.1) is 0 Å². The number of rotatable bonds is 4. The first-order valence-corrected chi connectivity index (χ1v) is 7.21. The number of anilines is 1. The van der Waals surface area contributed by atoms with Crippen molar-refractivity contribution in [2.45, 2.75) is 19.8 Å². The molecule has 0 spiro atoms. The quantitative estimate of drug-likeness (QED) is 0.879. The van der Waals surface area contributed by atoms with E-state index in [0.29, 0.717) is 18.9 Å². The van der Waals surface area contributed by atoms with Crippen LogP contribution in [-0.2, 0) is 4.79 Å². The van der Waals surface area contributed by atoms with Crippen LogP contribution in [0.1, 0.15) is 30.3 Å². The Balaban J connectivity index is 2.03. The SMILES string of the molecule is CCCNc1cnc(C(=O)N2CCCN(C)C(=O)C2)cn1. The minimum absolute atomic E-state index is 0.0463. The third-order valence-corrected chi connectivity index (χ3v) is 3.39. The van der Waals surface area contributed by atoms with Gasteiger partial charge in [-0.15, -0.1) is 0 Å². The fourth-order valence-electron chi connectivity index (χ4n) is 2.10. The zero-order valence-corrected chi connectivity index (χ0v) is 12.5. The Hall–Kier alpha value is -2.18. The van der Waals surface area contributed by atoms with Gasteiger partial charge in [0.15, 0.2) is 0 Å². The minimum atomic E-state index is -0.242. The largest absolute Gasteiger partial charge is 0.369 e. The van der Waals surface area contributed by atoms with Gasteiger partial charge in [0, 0.05) is 26.7 Å². The molecule has 1 fully saturated rings. The van der Waals surface area contributed by atoms with Crippen LogP contribution < -0.4 is 5.32 Å². The summed E-state index contributed by atoms with van der Waals surface area (Å²) in [6.07, 6.45) is 4.78. The van der Waals surface area contributed by atoms with Crippen molar-refractivity contribution in [1.29, 1.82) is 0 Å². The third-order valence-electron chi connectivity index (χ3n) is 3.39. The van der Waals surface area contributed by atoms with E-state index in [1.165, 1.54) is 11.1 Å². The number of hydrogen-bond acceptors (Lipinski definition) is 5. The number of hydrogen-bond donors (Lipinski definition) is 1. The summed E-state index contributed by atoms with van der Waals surface area (Å²) in [5.41, 5.74) is 0.273. The fraction of sp³-hybridized carbons (Fsp3) is 0.571. The molecule has 0 bridgehead atoms. The lowest BCUT2D eigenvalue weighted by atomic mass is 10.3. The number of carbonyl (C=O) groups is 2. The highest BCUT2D eigenvalue weighted by Crippen LogP contribution is 2.08. The van der Waals surface area contributed by atoms with E-state index < -0.39 is 0 Å². The highest BCUT2D eigenvalue weighted by Gasteiger charge is 2.24. The standard InChI is InChI=1S/C14H21N5O2/c1-3-5-15-12-9-16-11(8-17-12)14(21)19-7-4-6-18(2)13(20)10-19/h8-9H,3-7,10H2,1-2H3,(H,15,17). The van der Waals surface area contributed by atoms with Crippen molar-refractivity contribution in [3.05, 3.63) is 18.1 Å². The second-order valence-corrected chi connectivity index (χ2v) is 5.11. The molecule has 0 aromatic carbocycles. The van der Waals surface area contributed by atoms with Crippen molar-refractivity contribution < 1.29 is 9.59 Å². The molecule has 2 heterocycles. The first kappa shape index (κ1) is 15.2. The number of nitrogens with zero attached hydrogens (tertiary/aromatic N) is 4. The molecule has 0 unspecified atom stereocenters. The Morgan fingerprint density at radius 3 is 2.81 bits per heavy atom. The molecule has 2 rings (SSSR count). The zero-order chi connectivity index (χ0) is 15.2. The molecule has 0 aliphatic carbocycles. The number of carbonyl (C=O) groups excluding carboxylic acids is 2. The molecule has 1 saturated heterocycles. The van der Waals surface area contributed by atoms with E-state index in [2.05, 4.69) is 22.2 Å². The molecule has 7 nitrogen and oxygen atoms in total. The van der Waals surface area contributed by atoms with Crippen LogP contribution in [0.3, 0.4) is 0 Å². The summed E-state index contributed by atoms with van der Waals surface area (Å²) in [6, 6.07) is 0. The highest BCUT2D eigenvalue weighted by molar-refractivity contribution is 5.94. The molecule has 0 radical (unpaired) electrons. The summed E-state index contributed by atoms with van der Waals surface area (Å²) in [4.78, 5) is 35.7. The second kappa shape index (κ2) is 7.01. The lowest BCUT2D eigenvalue weighted by Gasteiger charge is -2.19. The molecule has 0 saturated carbocycles. The average Bonchev–Trinajstić information content (AvgIpc) is 2.67. The molecule has 1 aromatic heterocycles. The molecule has 1 N–H and O–H groups in total. The van der Waals surface area contributed by atoms with Gasteiger partial charge >= 0.3 is 0 Å². The summed E-state index contributed by atoms with van der Waals surface area (Å²) in [6.45, 7) is 4.22. The van der Waals surface area contributed by atoms with Crippen LogP contribution in [0.2, 0.25) is 0 Å². The van der Waals surface area contributed by atoms with E-state index in [4.69, 9.17) is 0 Å². The summed E-state index contributed by atoms with van der Waals surface area (Å²) >= 11 is 0. The van der Waals surface area contributed by atoms with E-state index in [1.807, 2.05) is 0 Å². The van der Waals surface area contributed by atoms with Gasteiger partial charge in [-0.1, -0.05) is 6.92 Å². The smallest absolute Gasteiger partial charge is 0.274 e. The van der Waals surface area contributed by atoms with Crippen LogP contribution in [0.15, 0.2) is 12.4 Å². The average molecular weight is 291 g/mol. The topological polar surface area (TPSA) is 78.4 Å². The van der Waals surface area contributed by atoms with Crippen LogP contribution in [0.25, 0.3) is 0 Å². The van der Waals surface area contributed by atoms with Gasteiger partial charge < -0.3 is 15.1 Å². The Labute approximate surface area is 124 Å². The Bertz CT molecular complexity index is 503. The molecule has 0 atom stereocenters. The Morgan fingerprint density at radius 1 is 1.33 bits per heavy atom. The second-order valence-electron chi connectivity index (χ2n) is 5.11. The van der Waals surface area contributed by atoms with Crippen LogP contribution in [0.5, 0.6) is 0 Å². The third kappa shape index (κ3) is 3.90. The van der Waals surface area contributed by atoms with E-state index in [1.54, 1.807) is 18.1 Å². The van der Waals surface area contributed by atoms with E-state index >= 15 is 0 Å². The Morgan fingerprint density at radius 2 is 2.14 bits per heavy atom. The first-order chi connectivity index (χ1) is 10.1. The van der Waals surface area contributed by atoms with Crippen molar-refractivity contribution in [1.82, 2.24) is 19.8 Å². The van der Waals surface area contributed by atoms with Crippen molar-refractivity contribution >= 4 is 17.6 Å². The summed E-state index contributed by atoms with van der Waals surface area (Å²) in [5.74, 6) is 0.364. The lowest BCUT2D eigenvalue weighted by Crippen LogP contribution is -2.38. The molecule has 21 heavy (non-hydrogen) atoms. The van der Waals surface area contributed by atoms with Crippen molar-refractivity contribution in [3.8, 4) is 0 Å². The maximum atomic E-state index is 12.4. The minimum Gasteiger partial charge on any atom is -0.369 e. The number of aromatic nitrogens is 2. The van der Waals surface area contributed by atoms with Gasteiger partial charge in [-0.05, 0) is 12.8 Å². The monoisotopic (exact) mass is 291 g/mol. The van der Waals surface area contributed by atoms with Crippen molar-refractivity contribution in [3.63, 3.8) is 0 Å². The fourth-order valence-corrected chi connectivity index (χ4v) is 2.10. The van der Waals surface area contributed by atoms with Crippen molar-refractivity contribution in [2.75, 3.05) is 38.5 Å². The van der Waals surface area contributed by atoms with Gasteiger partial charge in [-0.25, -0.2) is 9.97 Å². The Kier molecular flexibility index (Phi) is 5.08. The summed E-state index contributed by atoms with van der Waals surface area (Å²) in [5, 5.41) is 3.10. The normalized spacial score (nSPS) is 15.8. The van der Waals surface area contributed by atoms with E-state index in [-0.39, 0.29) is 24.1 Å². The summed E-state index contributed by atoms with van der Waals surface area (Å²) < 4.78 is 0. The van der Waals surface area contributed by atoms with Gasteiger partial charge in [0.05, 0.1) is 12.4 Å². The molecule has 7 heteroatoms. The summed E-state index contributed by atoms with van der Waals surface area (Å²) in [7, 11) is 1.75. The molecule has 1 aliphatic heterocycles. The number of likely N-dealkylation sites (N-methyl/N-ethyl adjacent to an activating group) is 1. The van der Waals surface area contributed by atoms with Gasteiger partial charge in [0.1, 0.15) is 18.1 Å². The zero-order valence-electron chi connectivity index (χ0n) is 12.5. The predicted molar refractivity (Wildman–Crippen MR) is 79.0 cm³/mol. The van der Waals surface area contributed by atoms with Gasteiger partial charge in [0.25, 0.3) is 5.91 Å².